The number of nitrogens with one attached hydrogen (secondary N) is 2. The number of carbonyl (C=O) groups excluding carboxylic acids is 1. The van der Waals surface area contributed by atoms with E-state index >= 15 is 0 Å². The Balaban J connectivity index is 1.38. The Morgan fingerprint density at radius 3 is 2.90 bits per heavy atom. The molecule has 1 aliphatic heterocycles. The zero-order chi connectivity index (χ0) is 20.9. The Morgan fingerprint density at radius 2 is 2.13 bits per heavy atom. The molecule has 8 nitrogen and oxygen atoms in total. The van der Waals surface area contributed by atoms with Crippen LogP contribution in [0.25, 0.3) is 5.52 Å². The molecule has 0 aromatic carbocycles. The minimum atomic E-state index is -0.321. The Morgan fingerprint density at radius 1 is 1.23 bits per heavy atom. The first-order valence-corrected chi connectivity index (χ1v) is 10.4. The van der Waals surface area contributed by atoms with Crippen molar-refractivity contribution in [3.05, 3.63) is 77.6 Å². The van der Waals surface area contributed by atoms with E-state index in [1.165, 1.54) is 6.07 Å². The monoisotopic (exact) mass is 417 g/mol. The fourth-order valence-corrected chi connectivity index (χ4v) is 4.17. The molecule has 2 aliphatic rings. The zero-order valence-corrected chi connectivity index (χ0v) is 16.6. The molecule has 0 unspecified atom stereocenters. The van der Waals surface area contributed by atoms with E-state index in [4.69, 9.17) is 0 Å². The van der Waals surface area contributed by atoms with Crippen molar-refractivity contribution in [1.29, 1.82) is 0 Å². The molecule has 1 atom stereocenters. The van der Waals surface area contributed by atoms with Crippen molar-refractivity contribution in [1.82, 2.24) is 29.9 Å². The maximum absolute atomic E-state index is 14.3. The smallest absolute Gasteiger partial charge is 0.270 e. The number of nitrogens with zero attached hydrogens (tertiary/aromatic N) is 5. The molecule has 0 spiro atoms. The summed E-state index contributed by atoms with van der Waals surface area (Å²) in [6.07, 6.45) is 7.98. The number of halogens is 1. The number of hydrogen-bond donors (Lipinski definition) is 2. The molecule has 1 saturated carbocycles. The summed E-state index contributed by atoms with van der Waals surface area (Å²) in [7, 11) is 0. The first-order valence-electron chi connectivity index (χ1n) is 10.4. The number of carbonyl (C=O) groups is 1. The van der Waals surface area contributed by atoms with Gasteiger partial charge < -0.3 is 15.2 Å². The highest BCUT2D eigenvalue weighted by Crippen LogP contribution is 2.36. The predicted octanol–water partition coefficient (Wildman–Crippen LogP) is 2.64. The number of rotatable bonds is 4. The Labute approximate surface area is 177 Å². The first kappa shape index (κ1) is 18.1. The van der Waals surface area contributed by atoms with Gasteiger partial charge in [-0.2, -0.15) is 5.10 Å². The van der Waals surface area contributed by atoms with Crippen molar-refractivity contribution in [3.8, 4) is 0 Å². The van der Waals surface area contributed by atoms with Crippen molar-refractivity contribution < 1.29 is 9.18 Å². The molecule has 156 valence electrons. The molecule has 0 saturated heterocycles. The number of fused-ring (bicyclic) bond motifs is 2. The van der Waals surface area contributed by atoms with E-state index in [1.807, 2.05) is 6.07 Å². The molecule has 1 fully saturated rings. The van der Waals surface area contributed by atoms with Crippen LogP contribution in [0.3, 0.4) is 0 Å². The van der Waals surface area contributed by atoms with Crippen molar-refractivity contribution in [2.45, 2.75) is 31.3 Å². The standard InChI is InChI=1S/C22H20FN7O/c23-15-2-1-8-30-19(15)10-18(28-30)21-20-16(25-12-26-20)7-9-29(21)14-5-6-17(24-11-14)22(31)27-13-3-4-13/h1-2,5-6,8,10-13,21H,3-4,7,9H2,(H,25,26)(H,27,31)/t21-/m1/s1. The highest BCUT2D eigenvalue weighted by molar-refractivity contribution is 5.92. The molecule has 0 bridgehead atoms. The molecule has 1 amide bonds. The van der Waals surface area contributed by atoms with Crippen LogP contribution >= 0.6 is 0 Å². The van der Waals surface area contributed by atoms with E-state index in [1.54, 1.807) is 41.4 Å². The van der Waals surface area contributed by atoms with Gasteiger partial charge >= 0.3 is 0 Å². The van der Waals surface area contributed by atoms with Gasteiger partial charge in [-0.25, -0.2) is 18.9 Å². The van der Waals surface area contributed by atoms with Gasteiger partial charge in [0.25, 0.3) is 5.91 Å². The Bertz CT molecular complexity index is 1270. The van der Waals surface area contributed by atoms with Crippen LogP contribution in [0.2, 0.25) is 0 Å². The second-order valence-corrected chi connectivity index (χ2v) is 8.02. The van der Waals surface area contributed by atoms with Gasteiger partial charge in [-0.05, 0) is 43.2 Å². The minimum Gasteiger partial charge on any atom is -0.356 e. The van der Waals surface area contributed by atoms with E-state index in [9.17, 15) is 9.18 Å². The van der Waals surface area contributed by atoms with Crippen LogP contribution in [0.4, 0.5) is 10.1 Å². The van der Waals surface area contributed by atoms with E-state index in [0.29, 0.717) is 23.4 Å². The highest BCUT2D eigenvalue weighted by atomic mass is 19.1. The van der Waals surface area contributed by atoms with Crippen LogP contribution in [0, 0.1) is 5.82 Å². The molecule has 9 heteroatoms. The van der Waals surface area contributed by atoms with Crippen LogP contribution in [0.1, 0.15) is 46.5 Å². The van der Waals surface area contributed by atoms with Crippen LogP contribution < -0.4 is 10.2 Å². The fraction of sp³-hybridized carbons (Fsp3) is 0.273. The molecule has 5 heterocycles. The molecule has 1 aliphatic carbocycles. The summed E-state index contributed by atoms with van der Waals surface area (Å²) in [4.78, 5) is 26.6. The zero-order valence-electron chi connectivity index (χ0n) is 16.6. The SMILES string of the molecule is O=C(NC1CC1)c1ccc(N2CCc3[nH]cnc3[C@H]2c2cc3c(F)cccn3n2)cn1. The first-order chi connectivity index (χ1) is 15.2. The van der Waals surface area contributed by atoms with Gasteiger partial charge in [0.1, 0.15) is 23.1 Å². The molecule has 6 rings (SSSR count). The van der Waals surface area contributed by atoms with Crippen LogP contribution in [-0.4, -0.2) is 43.1 Å². The number of aromatic amines is 1. The number of anilines is 1. The van der Waals surface area contributed by atoms with Crippen molar-refractivity contribution >= 4 is 17.1 Å². The summed E-state index contributed by atoms with van der Waals surface area (Å²) in [6, 6.07) is 8.46. The van der Waals surface area contributed by atoms with E-state index in [2.05, 4.69) is 30.3 Å². The third kappa shape index (κ3) is 3.13. The molecule has 2 N–H and O–H groups in total. The van der Waals surface area contributed by atoms with Gasteiger partial charge in [-0.15, -0.1) is 0 Å². The quantitative estimate of drug-likeness (QED) is 0.533. The average molecular weight is 417 g/mol. The largest absolute Gasteiger partial charge is 0.356 e. The average Bonchev–Trinajstić information content (AvgIpc) is 3.29. The Kier molecular flexibility index (Phi) is 4.02. The lowest BCUT2D eigenvalue weighted by atomic mass is 9.99. The molecular weight excluding hydrogens is 397 g/mol. The summed E-state index contributed by atoms with van der Waals surface area (Å²) in [5.74, 6) is -0.465. The van der Waals surface area contributed by atoms with E-state index in [-0.39, 0.29) is 23.8 Å². The maximum atomic E-state index is 14.3. The maximum Gasteiger partial charge on any atom is 0.270 e. The number of pyridine rings is 2. The minimum absolute atomic E-state index is 0.144. The predicted molar refractivity (Wildman–Crippen MR) is 111 cm³/mol. The molecule has 31 heavy (non-hydrogen) atoms. The van der Waals surface area contributed by atoms with Gasteiger partial charge in [0, 0.05) is 30.9 Å². The molecule has 0 radical (unpaired) electrons. The third-order valence-electron chi connectivity index (χ3n) is 5.90. The third-order valence-corrected chi connectivity index (χ3v) is 5.90. The van der Waals surface area contributed by atoms with E-state index < -0.39 is 0 Å². The van der Waals surface area contributed by atoms with Gasteiger partial charge in [0.05, 0.1) is 29.6 Å². The lowest BCUT2D eigenvalue weighted by molar-refractivity contribution is 0.0946. The van der Waals surface area contributed by atoms with Gasteiger partial charge in [-0.3, -0.25) is 4.79 Å². The topological polar surface area (TPSA) is 91.2 Å². The highest BCUT2D eigenvalue weighted by Gasteiger charge is 2.34. The van der Waals surface area contributed by atoms with Crippen LogP contribution in [-0.2, 0) is 6.42 Å². The summed E-state index contributed by atoms with van der Waals surface area (Å²) >= 11 is 0. The van der Waals surface area contributed by atoms with Crippen molar-refractivity contribution in [2.75, 3.05) is 11.4 Å². The lowest BCUT2D eigenvalue weighted by Crippen LogP contribution is -2.36. The second kappa shape index (κ2) is 6.90. The number of amides is 1. The van der Waals surface area contributed by atoms with Gasteiger partial charge in [0.15, 0.2) is 0 Å². The van der Waals surface area contributed by atoms with Crippen molar-refractivity contribution in [2.24, 2.45) is 0 Å². The number of imidazole rings is 1. The summed E-state index contributed by atoms with van der Waals surface area (Å²) in [5.41, 5.74) is 4.30. The summed E-state index contributed by atoms with van der Waals surface area (Å²) < 4.78 is 15.8. The number of hydrogen-bond acceptors (Lipinski definition) is 5. The fourth-order valence-electron chi connectivity index (χ4n) is 4.17. The number of H-pyrrole nitrogens is 1. The summed E-state index contributed by atoms with van der Waals surface area (Å²) in [6.45, 7) is 0.714. The van der Waals surface area contributed by atoms with Crippen LogP contribution in [0.5, 0.6) is 0 Å². The normalized spacial score (nSPS) is 18.2. The Hall–Kier alpha value is -3.75. The molecular formula is C22H20FN7O. The van der Waals surface area contributed by atoms with Crippen LogP contribution in [0.15, 0.2) is 49.1 Å². The molecule has 4 aromatic rings. The number of aromatic nitrogens is 5. The molecule has 4 aromatic heterocycles. The summed E-state index contributed by atoms with van der Waals surface area (Å²) in [5, 5.41) is 7.59. The lowest BCUT2D eigenvalue weighted by Gasteiger charge is -2.35. The second-order valence-electron chi connectivity index (χ2n) is 8.02. The van der Waals surface area contributed by atoms with Gasteiger partial charge in [-0.1, -0.05) is 0 Å². The van der Waals surface area contributed by atoms with E-state index in [0.717, 1.165) is 36.3 Å². The van der Waals surface area contributed by atoms with Gasteiger partial charge in [0.2, 0.25) is 0 Å². The van der Waals surface area contributed by atoms with Crippen molar-refractivity contribution in [3.63, 3.8) is 0 Å².